The lowest BCUT2D eigenvalue weighted by Gasteiger charge is -2.08. The molecule has 0 unspecified atom stereocenters. The fourth-order valence-corrected chi connectivity index (χ4v) is 1.84. The number of hydrogen-bond acceptors (Lipinski definition) is 4. The normalized spacial score (nSPS) is 10.3. The van der Waals surface area contributed by atoms with Crippen LogP contribution >= 0.6 is 12.2 Å². The highest BCUT2D eigenvalue weighted by Gasteiger charge is 2.08. The van der Waals surface area contributed by atoms with Crippen molar-refractivity contribution < 1.29 is 9.13 Å². The molecule has 2 aromatic rings. The van der Waals surface area contributed by atoms with Gasteiger partial charge in [0.25, 0.3) is 5.56 Å². The highest BCUT2D eigenvalue weighted by atomic mass is 32.1. The van der Waals surface area contributed by atoms with E-state index in [-0.39, 0.29) is 22.7 Å². The van der Waals surface area contributed by atoms with Crippen molar-refractivity contribution >= 4 is 17.2 Å². The van der Waals surface area contributed by atoms with Gasteiger partial charge in [-0.3, -0.25) is 4.79 Å². The number of ether oxygens (including phenoxy) is 1. The molecule has 0 fully saturated rings. The summed E-state index contributed by atoms with van der Waals surface area (Å²) in [5.74, 6) is -0.173. The number of aromatic nitrogens is 2. The minimum atomic E-state index is -0.493. The second-order valence-corrected chi connectivity index (χ2v) is 4.49. The third-order valence-electron chi connectivity index (χ3n) is 2.68. The quantitative estimate of drug-likeness (QED) is 0.854. The summed E-state index contributed by atoms with van der Waals surface area (Å²) in [5, 5.41) is 4.01. The SMILES string of the molecule is COc1ccc(=O)n(Cc2ccc(F)c(C(N)=S)c2)n1. The Kier molecular flexibility index (Phi) is 4.09. The van der Waals surface area contributed by atoms with Crippen LogP contribution < -0.4 is 16.0 Å². The maximum Gasteiger partial charge on any atom is 0.267 e. The predicted molar refractivity (Wildman–Crippen MR) is 76.4 cm³/mol. The van der Waals surface area contributed by atoms with Crippen LogP contribution in [0.1, 0.15) is 11.1 Å². The average Bonchev–Trinajstić information content (AvgIpc) is 2.43. The van der Waals surface area contributed by atoms with Crippen molar-refractivity contribution in [1.29, 1.82) is 0 Å². The number of methoxy groups -OCH3 is 1. The molecule has 2 rings (SSSR count). The second kappa shape index (κ2) is 5.79. The maximum absolute atomic E-state index is 13.5. The highest BCUT2D eigenvalue weighted by Crippen LogP contribution is 2.11. The van der Waals surface area contributed by atoms with Crippen LogP contribution in [0.25, 0.3) is 0 Å². The first kappa shape index (κ1) is 14.1. The molecule has 0 aliphatic rings. The van der Waals surface area contributed by atoms with E-state index in [1.807, 2.05) is 0 Å². The smallest absolute Gasteiger partial charge is 0.267 e. The maximum atomic E-state index is 13.5. The van der Waals surface area contributed by atoms with Gasteiger partial charge in [0.15, 0.2) is 0 Å². The summed E-state index contributed by atoms with van der Waals surface area (Å²) in [5.41, 5.74) is 5.97. The van der Waals surface area contributed by atoms with Crippen LogP contribution in [-0.2, 0) is 6.54 Å². The lowest BCUT2D eigenvalue weighted by atomic mass is 10.1. The van der Waals surface area contributed by atoms with E-state index in [2.05, 4.69) is 5.10 Å². The highest BCUT2D eigenvalue weighted by molar-refractivity contribution is 7.80. The number of hydrogen-bond donors (Lipinski definition) is 1. The monoisotopic (exact) mass is 293 g/mol. The van der Waals surface area contributed by atoms with Crippen LogP contribution in [0.3, 0.4) is 0 Å². The first-order valence-electron chi connectivity index (χ1n) is 5.71. The van der Waals surface area contributed by atoms with Crippen molar-refractivity contribution in [3.63, 3.8) is 0 Å². The molecule has 104 valence electrons. The lowest BCUT2D eigenvalue weighted by molar-refractivity contribution is 0.379. The van der Waals surface area contributed by atoms with Crippen molar-refractivity contribution in [2.45, 2.75) is 6.54 Å². The number of benzene rings is 1. The van der Waals surface area contributed by atoms with Gasteiger partial charge in [-0.2, -0.15) is 0 Å². The van der Waals surface area contributed by atoms with Gasteiger partial charge in [-0.1, -0.05) is 18.3 Å². The summed E-state index contributed by atoms with van der Waals surface area (Å²) >= 11 is 4.77. The molecule has 7 heteroatoms. The van der Waals surface area contributed by atoms with Gasteiger partial charge >= 0.3 is 0 Å². The average molecular weight is 293 g/mol. The van der Waals surface area contributed by atoms with Crippen LogP contribution in [0.4, 0.5) is 4.39 Å². The Labute approximate surface area is 119 Å². The Morgan fingerprint density at radius 2 is 2.20 bits per heavy atom. The Balaban J connectivity index is 2.37. The number of rotatable bonds is 4. The molecule has 0 spiro atoms. The summed E-state index contributed by atoms with van der Waals surface area (Å²) in [7, 11) is 1.46. The summed E-state index contributed by atoms with van der Waals surface area (Å²) in [6.07, 6.45) is 0. The Morgan fingerprint density at radius 3 is 2.85 bits per heavy atom. The van der Waals surface area contributed by atoms with E-state index in [0.717, 1.165) is 0 Å². The van der Waals surface area contributed by atoms with Crippen LogP contribution in [0.15, 0.2) is 35.1 Å². The van der Waals surface area contributed by atoms with E-state index in [9.17, 15) is 9.18 Å². The molecule has 0 atom stereocenters. The van der Waals surface area contributed by atoms with Crippen LogP contribution in [-0.4, -0.2) is 21.9 Å². The van der Waals surface area contributed by atoms with Crippen molar-refractivity contribution in [1.82, 2.24) is 9.78 Å². The van der Waals surface area contributed by atoms with E-state index >= 15 is 0 Å². The van der Waals surface area contributed by atoms with Crippen LogP contribution in [0.5, 0.6) is 5.88 Å². The molecule has 0 saturated heterocycles. The lowest BCUT2D eigenvalue weighted by Crippen LogP contribution is -2.23. The zero-order valence-corrected chi connectivity index (χ0v) is 11.5. The van der Waals surface area contributed by atoms with Gasteiger partial charge in [-0.05, 0) is 17.7 Å². The predicted octanol–water partition coefficient (Wildman–Crippen LogP) is 1.07. The summed E-state index contributed by atoms with van der Waals surface area (Å²) < 4.78 is 19.7. The largest absolute Gasteiger partial charge is 0.480 e. The number of thiocarbonyl (C=S) groups is 1. The minimum Gasteiger partial charge on any atom is -0.480 e. The molecular formula is C13H12FN3O2S. The molecule has 5 nitrogen and oxygen atoms in total. The summed E-state index contributed by atoms with van der Waals surface area (Å²) in [4.78, 5) is 11.7. The fourth-order valence-electron chi connectivity index (χ4n) is 1.68. The van der Waals surface area contributed by atoms with E-state index in [4.69, 9.17) is 22.7 Å². The molecule has 1 aromatic heterocycles. The standard InChI is InChI=1S/C13H12FN3O2S/c1-19-11-4-5-12(18)17(16-11)7-8-2-3-10(14)9(6-8)13(15)20/h2-6H,7H2,1H3,(H2,15,20). The van der Waals surface area contributed by atoms with E-state index < -0.39 is 5.82 Å². The van der Waals surface area contributed by atoms with E-state index in [1.54, 1.807) is 6.07 Å². The third-order valence-corrected chi connectivity index (χ3v) is 2.90. The van der Waals surface area contributed by atoms with Gasteiger partial charge in [-0.25, -0.2) is 9.07 Å². The topological polar surface area (TPSA) is 70.1 Å². The van der Waals surface area contributed by atoms with Crippen LogP contribution in [0, 0.1) is 5.82 Å². The van der Waals surface area contributed by atoms with Crippen molar-refractivity contribution in [3.05, 3.63) is 57.6 Å². The fraction of sp³-hybridized carbons (Fsp3) is 0.154. The number of halogens is 1. The second-order valence-electron chi connectivity index (χ2n) is 4.05. The van der Waals surface area contributed by atoms with Gasteiger partial charge in [-0.15, -0.1) is 5.10 Å². The van der Waals surface area contributed by atoms with Gasteiger partial charge in [0, 0.05) is 17.7 Å². The molecule has 1 heterocycles. The summed E-state index contributed by atoms with van der Waals surface area (Å²) in [6.45, 7) is 0.173. The van der Waals surface area contributed by atoms with Crippen molar-refractivity contribution in [3.8, 4) is 5.88 Å². The van der Waals surface area contributed by atoms with Gasteiger partial charge in [0.05, 0.1) is 13.7 Å². The Morgan fingerprint density at radius 1 is 1.45 bits per heavy atom. The number of nitrogens with zero attached hydrogens (tertiary/aromatic N) is 2. The van der Waals surface area contributed by atoms with E-state index in [1.165, 1.54) is 36.1 Å². The summed E-state index contributed by atoms with van der Waals surface area (Å²) in [6, 6.07) is 7.14. The van der Waals surface area contributed by atoms with E-state index in [0.29, 0.717) is 11.4 Å². The zero-order valence-electron chi connectivity index (χ0n) is 10.7. The first-order valence-corrected chi connectivity index (χ1v) is 6.12. The van der Waals surface area contributed by atoms with Crippen molar-refractivity contribution in [2.24, 2.45) is 5.73 Å². The first-order chi connectivity index (χ1) is 9.51. The Hall–Kier alpha value is -2.28. The number of nitrogens with two attached hydrogens (primary N) is 1. The van der Waals surface area contributed by atoms with Crippen LogP contribution in [0.2, 0.25) is 0 Å². The molecule has 0 saturated carbocycles. The van der Waals surface area contributed by atoms with Gasteiger partial charge in [0.1, 0.15) is 10.8 Å². The molecule has 1 aromatic carbocycles. The van der Waals surface area contributed by atoms with Gasteiger partial charge < -0.3 is 10.5 Å². The molecule has 0 aliphatic carbocycles. The minimum absolute atomic E-state index is 0.0321. The molecular weight excluding hydrogens is 281 g/mol. The zero-order chi connectivity index (χ0) is 14.7. The molecule has 0 radical (unpaired) electrons. The third kappa shape index (κ3) is 3.00. The molecule has 0 amide bonds. The molecule has 2 N–H and O–H groups in total. The molecule has 0 aliphatic heterocycles. The molecule has 20 heavy (non-hydrogen) atoms. The van der Waals surface area contributed by atoms with Crippen molar-refractivity contribution in [2.75, 3.05) is 7.11 Å². The molecule has 0 bridgehead atoms. The van der Waals surface area contributed by atoms with Gasteiger partial charge in [0.2, 0.25) is 5.88 Å². The Bertz CT molecular complexity index is 715.